The fraction of sp³-hybridized carbons (Fsp3) is 0.118. The maximum absolute atomic E-state index is 11.3. The lowest BCUT2D eigenvalue weighted by Crippen LogP contribution is -2.18. The molecule has 19 heavy (non-hydrogen) atoms. The van der Waals surface area contributed by atoms with Crippen LogP contribution in [0.1, 0.15) is 18.1 Å². The Bertz CT molecular complexity index is 558. The van der Waals surface area contributed by atoms with Crippen LogP contribution in [0.15, 0.2) is 66.7 Å². The average Bonchev–Trinajstić information content (AvgIpc) is 2.45. The van der Waals surface area contributed by atoms with Gasteiger partial charge in [0.2, 0.25) is 5.91 Å². The van der Waals surface area contributed by atoms with Crippen LogP contribution in [0.2, 0.25) is 0 Å². The zero-order valence-electron chi connectivity index (χ0n) is 11.0. The third-order valence-corrected chi connectivity index (χ3v) is 2.78. The maximum Gasteiger partial charge on any atom is 0.221 e. The molecule has 0 aromatic heterocycles. The Balaban J connectivity index is 2.20. The van der Waals surface area contributed by atoms with E-state index in [1.54, 1.807) is 0 Å². The van der Waals surface area contributed by atoms with Crippen LogP contribution in [0.4, 0.5) is 0 Å². The third kappa shape index (κ3) is 4.11. The van der Waals surface area contributed by atoms with Gasteiger partial charge in [0, 0.05) is 12.6 Å². The summed E-state index contributed by atoms with van der Waals surface area (Å²) in [5.41, 5.74) is 3.10. The summed E-state index contributed by atoms with van der Waals surface area (Å²) in [6.07, 6.45) is 2.84. The lowest BCUT2D eigenvalue weighted by Gasteiger charge is -2.08. The third-order valence-electron chi connectivity index (χ3n) is 2.78. The minimum Gasteiger partial charge on any atom is -0.326 e. The smallest absolute Gasteiger partial charge is 0.221 e. The Morgan fingerprint density at radius 1 is 1.00 bits per heavy atom. The van der Waals surface area contributed by atoms with Gasteiger partial charge in [-0.05, 0) is 17.5 Å². The summed E-state index contributed by atoms with van der Waals surface area (Å²) < 4.78 is 0. The molecule has 1 amide bonds. The molecule has 0 bridgehead atoms. The van der Waals surface area contributed by atoms with E-state index in [4.69, 9.17) is 0 Å². The van der Waals surface area contributed by atoms with Gasteiger partial charge in [-0.15, -0.1) is 0 Å². The summed E-state index contributed by atoms with van der Waals surface area (Å²) >= 11 is 0. The van der Waals surface area contributed by atoms with Crippen LogP contribution in [0.3, 0.4) is 0 Å². The first-order valence-electron chi connectivity index (χ1n) is 6.33. The van der Waals surface area contributed by atoms with Gasteiger partial charge in [-0.3, -0.25) is 4.79 Å². The van der Waals surface area contributed by atoms with Crippen molar-refractivity contribution in [2.45, 2.75) is 13.3 Å². The summed E-state index contributed by atoms with van der Waals surface area (Å²) in [5, 5.41) is 2.89. The molecule has 2 nitrogen and oxygen atoms in total. The highest BCUT2D eigenvalue weighted by molar-refractivity contribution is 5.84. The zero-order valence-corrected chi connectivity index (χ0v) is 11.0. The molecule has 0 aliphatic rings. The first-order valence-corrected chi connectivity index (χ1v) is 6.33. The molecule has 0 atom stereocenters. The van der Waals surface area contributed by atoms with E-state index in [0.717, 1.165) is 17.7 Å². The van der Waals surface area contributed by atoms with Gasteiger partial charge in [0.25, 0.3) is 0 Å². The molecular formula is C17H17NO. The molecule has 0 saturated carbocycles. The fourth-order valence-electron chi connectivity index (χ4n) is 1.88. The van der Waals surface area contributed by atoms with Crippen molar-refractivity contribution >= 4 is 11.6 Å². The molecule has 0 saturated heterocycles. The van der Waals surface area contributed by atoms with Crippen molar-refractivity contribution in [1.29, 1.82) is 0 Å². The molecule has 96 valence electrons. The fourth-order valence-corrected chi connectivity index (χ4v) is 1.88. The van der Waals surface area contributed by atoms with Crippen LogP contribution >= 0.6 is 0 Å². The van der Waals surface area contributed by atoms with Crippen LogP contribution in [-0.4, -0.2) is 5.91 Å². The molecule has 2 aromatic carbocycles. The number of rotatable bonds is 4. The highest BCUT2D eigenvalue weighted by atomic mass is 16.1. The van der Waals surface area contributed by atoms with E-state index >= 15 is 0 Å². The predicted octanol–water partition coefficient (Wildman–Crippen LogP) is 3.41. The average molecular weight is 251 g/mol. The Hall–Kier alpha value is -2.35. The van der Waals surface area contributed by atoms with Crippen molar-refractivity contribution in [2.24, 2.45) is 0 Å². The minimum atomic E-state index is -0.0526. The lowest BCUT2D eigenvalue weighted by molar-refractivity contribution is -0.117. The number of hydrogen-bond acceptors (Lipinski definition) is 1. The molecule has 1 N–H and O–H groups in total. The highest BCUT2D eigenvalue weighted by Crippen LogP contribution is 2.12. The van der Waals surface area contributed by atoms with Crippen molar-refractivity contribution < 1.29 is 4.79 Å². The van der Waals surface area contributed by atoms with E-state index in [9.17, 15) is 4.79 Å². The molecule has 0 spiro atoms. The van der Waals surface area contributed by atoms with Gasteiger partial charge in [0.15, 0.2) is 0 Å². The van der Waals surface area contributed by atoms with E-state index < -0.39 is 0 Å². The second kappa shape index (κ2) is 6.55. The maximum atomic E-state index is 11.3. The molecule has 0 aliphatic heterocycles. The summed E-state index contributed by atoms with van der Waals surface area (Å²) in [4.78, 5) is 11.3. The van der Waals surface area contributed by atoms with Crippen LogP contribution < -0.4 is 5.32 Å². The quantitative estimate of drug-likeness (QED) is 0.886. The Morgan fingerprint density at radius 3 is 2.16 bits per heavy atom. The molecule has 0 unspecified atom stereocenters. The standard InChI is InChI=1S/C17H17NO/c1-14(19)18-17(16-10-6-3-7-11-16)13-12-15-8-4-2-5-9-15/h2-11,13H,12H2,1H3,(H,18,19)/b17-13-. The number of carbonyl (C=O) groups excluding carboxylic acids is 1. The van der Waals surface area contributed by atoms with E-state index in [0.29, 0.717) is 0 Å². The summed E-state index contributed by atoms with van der Waals surface area (Å²) in [5.74, 6) is -0.0526. The predicted molar refractivity (Wildman–Crippen MR) is 78.4 cm³/mol. The SMILES string of the molecule is CC(=O)N/C(=C\Cc1ccccc1)c1ccccc1. The monoisotopic (exact) mass is 251 g/mol. The largest absolute Gasteiger partial charge is 0.326 e. The summed E-state index contributed by atoms with van der Waals surface area (Å²) in [6, 6.07) is 20.1. The number of allylic oxidation sites excluding steroid dienone is 1. The minimum absolute atomic E-state index is 0.0526. The highest BCUT2D eigenvalue weighted by Gasteiger charge is 2.02. The lowest BCUT2D eigenvalue weighted by atomic mass is 10.1. The van der Waals surface area contributed by atoms with E-state index in [2.05, 4.69) is 17.4 Å². The van der Waals surface area contributed by atoms with Crippen LogP contribution in [0.25, 0.3) is 5.70 Å². The zero-order chi connectivity index (χ0) is 13.5. The second-order valence-electron chi connectivity index (χ2n) is 4.35. The van der Waals surface area contributed by atoms with Gasteiger partial charge in [-0.1, -0.05) is 66.7 Å². The molecule has 0 heterocycles. The number of nitrogens with one attached hydrogen (secondary N) is 1. The van der Waals surface area contributed by atoms with Gasteiger partial charge >= 0.3 is 0 Å². The first kappa shape index (κ1) is 13.1. The Kier molecular flexibility index (Phi) is 4.51. The van der Waals surface area contributed by atoms with Crippen molar-refractivity contribution in [2.75, 3.05) is 0 Å². The van der Waals surface area contributed by atoms with E-state index in [1.807, 2.05) is 54.6 Å². The molecule has 0 aliphatic carbocycles. The van der Waals surface area contributed by atoms with Gasteiger partial charge in [-0.25, -0.2) is 0 Å². The molecule has 2 heteroatoms. The van der Waals surface area contributed by atoms with E-state index in [-0.39, 0.29) is 5.91 Å². The van der Waals surface area contributed by atoms with Gasteiger partial charge < -0.3 is 5.32 Å². The van der Waals surface area contributed by atoms with Crippen LogP contribution in [0.5, 0.6) is 0 Å². The number of hydrogen-bond donors (Lipinski definition) is 1. The number of benzene rings is 2. The van der Waals surface area contributed by atoms with Crippen LogP contribution in [-0.2, 0) is 11.2 Å². The van der Waals surface area contributed by atoms with Crippen molar-refractivity contribution in [3.63, 3.8) is 0 Å². The van der Waals surface area contributed by atoms with Gasteiger partial charge in [0.05, 0.1) is 0 Å². The first-order chi connectivity index (χ1) is 9.25. The Labute approximate surface area is 113 Å². The molecule has 0 fully saturated rings. The number of carbonyl (C=O) groups is 1. The van der Waals surface area contributed by atoms with Crippen molar-refractivity contribution in [3.05, 3.63) is 77.9 Å². The molecule has 0 radical (unpaired) electrons. The van der Waals surface area contributed by atoms with Crippen LogP contribution in [0, 0.1) is 0 Å². The van der Waals surface area contributed by atoms with Crippen molar-refractivity contribution in [1.82, 2.24) is 5.32 Å². The molecule has 2 rings (SSSR count). The Morgan fingerprint density at radius 2 is 1.58 bits per heavy atom. The van der Waals surface area contributed by atoms with Gasteiger partial charge in [0.1, 0.15) is 0 Å². The molecular weight excluding hydrogens is 234 g/mol. The van der Waals surface area contributed by atoms with Crippen molar-refractivity contribution in [3.8, 4) is 0 Å². The summed E-state index contributed by atoms with van der Waals surface area (Å²) in [7, 11) is 0. The summed E-state index contributed by atoms with van der Waals surface area (Å²) in [6.45, 7) is 1.53. The second-order valence-corrected chi connectivity index (χ2v) is 4.35. The normalized spacial score (nSPS) is 11.1. The molecule has 2 aromatic rings. The number of amides is 1. The van der Waals surface area contributed by atoms with Gasteiger partial charge in [-0.2, -0.15) is 0 Å². The van der Waals surface area contributed by atoms with E-state index in [1.165, 1.54) is 12.5 Å². The topological polar surface area (TPSA) is 29.1 Å².